The van der Waals surface area contributed by atoms with Crippen LogP contribution < -0.4 is 0 Å². The maximum Gasteiger partial charge on any atom is 0.229 e. The summed E-state index contributed by atoms with van der Waals surface area (Å²) in [5.41, 5.74) is -0.487. The van der Waals surface area contributed by atoms with Crippen LogP contribution in [-0.2, 0) is 21.5 Å². The lowest BCUT2D eigenvalue weighted by molar-refractivity contribution is -0.118. The number of rotatable bonds is 6. The number of hydrogen-bond donors (Lipinski definition) is 1. The summed E-state index contributed by atoms with van der Waals surface area (Å²) in [6.45, 7) is 3.87. The predicted octanol–water partition coefficient (Wildman–Crippen LogP) is 1.43. The molecule has 1 saturated heterocycles. The number of hydrogen-bond acceptors (Lipinski definition) is 6. The van der Waals surface area contributed by atoms with Gasteiger partial charge in [-0.15, -0.1) is 0 Å². The largest absolute Gasteiger partial charge is 0.392 e. The van der Waals surface area contributed by atoms with Gasteiger partial charge in [-0.1, -0.05) is 5.16 Å². The monoisotopic (exact) mass is 282 g/mol. The summed E-state index contributed by atoms with van der Waals surface area (Å²) in [6.07, 6.45) is 3.76. The van der Waals surface area contributed by atoms with Gasteiger partial charge in [-0.25, -0.2) is 0 Å². The van der Waals surface area contributed by atoms with Crippen LogP contribution in [0.15, 0.2) is 4.52 Å². The zero-order chi connectivity index (χ0) is 14.0. The van der Waals surface area contributed by atoms with Crippen molar-refractivity contribution in [1.29, 1.82) is 0 Å². The van der Waals surface area contributed by atoms with Crippen LogP contribution in [0.2, 0.25) is 0 Å². The number of nitrogens with zero attached hydrogens (tertiary/aromatic N) is 2. The molecule has 0 aromatic carbocycles. The molecule has 1 aliphatic carbocycles. The molecule has 1 saturated carbocycles. The molecule has 1 N–H and O–H groups in total. The SMILES string of the molecule is CCOC1(c2noc(CC(O)C3CC3)n2)CCOCC1. The average Bonchev–Trinajstić information content (AvgIpc) is 3.21. The second kappa shape index (κ2) is 5.79. The minimum atomic E-state index is -0.487. The Labute approximate surface area is 118 Å². The third-order valence-electron chi connectivity index (χ3n) is 4.15. The third-order valence-corrected chi connectivity index (χ3v) is 4.15. The van der Waals surface area contributed by atoms with Gasteiger partial charge in [-0.3, -0.25) is 0 Å². The van der Waals surface area contributed by atoms with Crippen LogP contribution in [0.3, 0.4) is 0 Å². The fourth-order valence-corrected chi connectivity index (χ4v) is 2.76. The Morgan fingerprint density at radius 2 is 2.15 bits per heavy atom. The normalized spacial score (nSPS) is 23.7. The Hall–Kier alpha value is -0.980. The highest BCUT2D eigenvalue weighted by molar-refractivity contribution is 5.04. The van der Waals surface area contributed by atoms with Crippen molar-refractivity contribution in [3.05, 3.63) is 11.7 Å². The van der Waals surface area contributed by atoms with Crippen molar-refractivity contribution in [1.82, 2.24) is 10.1 Å². The highest BCUT2D eigenvalue weighted by Gasteiger charge is 2.40. The van der Waals surface area contributed by atoms with Gasteiger partial charge in [0.15, 0.2) is 0 Å². The maximum atomic E-state index is 9.95. The Kier molecular flexibility index (Phi) is 4.05. The van der Waals surface area contributed by atoms with Gasteiger partial charge in [0.1, 0.15) is 5.60 Å². The van der Waals surface area contributed by atoms with E-state index in [1.165, 1.54) is 0 Å². The molecule has 0 amide bonds. The summed E-state index contributed by atoms with van der Waals surface area (Å²) < 4.78 is 16.6. The second-order valence-corrected chi connectivity index (χ2v) is 5.66. The molecule has 20 heavy (non-hydrogen) atoms. The number of aliphatic hydroxyl groups excluding tert-OH is 1. The van der Waals surface area contributed by atoms with Crippen LogP contribution in [0.1, 0.15) is 44.3 Å². The molecule has 1 unspecified atom stereocenters. The first kappa shape index (κ1) is 14.0. The third kappa shape index (κ3) is 2.87. The van der Waals surface area contributed by atoms with E-state index in [0.717, 1.165) is 25.7 Å². The fraction of sp³-hybridized carbons (Fsp3) is 0.857. The molecule has 1 aromatic heterocycles. The van der Waals surface area contributed by atoms with Gasteiger partial charge in [-0.05, 0) is 25.7 Å². The summed E-state index contributed by atoms with van der Waals surface area (Å²) >= 11 is 0. The zero-order valence-corrected chi connectivity index (χ0v) is 11.9. The van der Waals surface area contributed by atoms with Crippen molar-refractivity contribution in [2.45, 2.75) is 50.7 Å². The highest BCUT2D eigenvalue weighted by Crippen LogP contribution is 2.36. The average molecular weight is 282 g/mol. The van der Waals surface area contributed by atoms with Crippen molar-refractivity contribution in [3.8, 4) is 0 Å². The summed E-state index contributed by atoms with van der Waals surface area (Å²) in [7, 11) is 0. The van der Waals surface area contributed by atoms with Crippen molar-refractivity contribution < 1.29 is 19.1 Å². The number of ether oxygens (including phenoxy) is 2. The maximum absolute atomic E-state index is 9.95. The van der Waals surface area contributed by atoms with Gasteiger partial charge in [0.05, 0.1) is 12.5 Å². The van der Waals surface area contributed by atoms with Gasteiger partial charge in [-0.2, -0.15) is 4.98 Å². The van der Waals surface area contributed by atoms with Gasteiger partial charge in [0.2, 0.25) is 11.7 Å². The summed E-state index contributed by atoms with van der Waals surface area (Å²) in [5.74, 6) is 1.51. The Bertz CT molecular complexity index is 433. The minimum absolute atomic E-state index is 0.360. The molecule has 2 heterocycles. The van der Waals surface area contributed by atoms with Gasteiger partial charge in [0.25, 0.3) is 0 Å². The lowest BCUT2D eigenvalue weighted by Crippen LogP contribution is -2.37. The quantitative estimate of drug-likeness (QED) is 0.850. The Balaban J connectivity index is 1.72. The molecular weight excluding hydrogens is 260 g/mol. The van der Waals surface area contributed by atoms with E-state index in [0.29, 0.717) is 43.9 Å². The van der Waals surface area contributed by atoms with Crippen LogP contribution >= 0.6 is 0 Å². The van der Waals surface area contributed by atoms with Crippen LogP contribution in [-0.4, -0.2) is 41.2 Å². The van der Waals surface area contributed by atoms with E-state index in [2.05, 4.69) is 10.1 Å². The highest BCUT2D eigenvalue weighted by atomic mass is 16.5. The van der Waals surface area contributed by atoms with Crippen LogP contribution in [0, 0.1) is 5.92 Å². The molecule has 6 heteroatoms. The fourth-order valence-electron chi connectivity index (χ4n) is 2.76. The van der Waals surface area contributed by atoms with Crippen molar-refractivity contribution >= 4 is 0 Å². The topological polar surface area (TPSA) is 77.6 Å². The van der Waals surface area contributed by atoms with Crippen molar-refractivity contribution in [3.63, 3.8) is 0 Å². The van der Waals surface area contributed by atoms with Gasteiger partial charge >= 0.3 is 0 Å². The van der Waals surface area contributed by atoms with E-state index in [1.807, 2.05) is 6.92 Å². The number of aliphatic hydroxyl groups is 1. The van der Waals surface area contributed by atoms with E-state index < -0.39 is 5.60 Å². The Morgan fingerprint density at radius 1 is 1.40 bits per heavy atom. The molecule has 6 nitrogen and oxygen atoms in total. The zero-order valence-electron chi connectivity index (χ0n) is 11.9. The molecule has 2 fully saturated rings. The molecule has 112 valence electrons. The second-order valence-electron chi connectivity index (χ2n) is 5.66. The van der Waals surface area contributed by atoms with Crippen molar-refractivity contribution in [2.24, 2.45) is 5.92 Å². The summed E-state index contributed by atoms with van der Waals surface area (Å²) in [5, 5.41) is 14.0. The molecule has 3 rings (SSSR count). The van der Waals surface area contributed by atoms with Gasteiger partial charge in [0, 0.05) is 32.7 Å². The summed E-state index contributed by atoms with van der Waals surface area (Å²) in [6, 6.07) is 0. The molecule has 2 aliphatic rings. The van der Waals surface area contributed by atoms with Crippen molar-refractivity contribution in [2.75, 3.05) is 19.8 Å². The van der Waals surface area contributed by atoms with E-state index in [1.54, 1.807) is 0 Å². The first-order valence-electron chi connectivity index (χ1n) is 7.46. The van der Waals surface area contributed by atoms with Gasteiger partial charge < -0.3 is 19.1 Å². The smallest absolute Gasteiger partial charge is 0.229 e. The van der Waals surface area contributed by atoms with Crippen LogP contribution in [0.4, 0.5) is 0 Å². The molecule has 0 bridgehead atoms. The van der Waals surface area contributed by atoms with E-state index in [4.69, 9.17) is 14.0 Å². The number of aromatic nitrogens is 2. The molecule has 0 spiro atoms. The van der Waals surface area contributed by atoms with E-state index in [-0.39, 0.29) is 6.10 Å². The van der Waals surface area contributed by atoms with E-state index >= 15 is 0 Å². The first-order valence-corrected chi connectivity index (χ1v) is 7.46. The molecule has 1 aliphatic heterocycles. The minimum Gasteiger partial charge on any atom is -0.392 e. The lowest BCUT2D eigenvalue weighted by Gasteiger charge is -2.33. The standard InChI is InChI=1S/C14H22N2O4/c1-2-19-14(5-7-18-8-6-14)13-15-12(20-16-13)9-11(17)10-3-4-10/h10-11,17H,2-9H2,1H3. The first-order chi connectivity index (χ1) is 9.73. The molecule has 0 radical (unpaired) electrons. The van der Waals surface area contributed by atoms with E-state index in [9.17, 15) is 5.11 Å². The Morgan fingerprint density at radius 3 is 2.80 bits per heavy atom. The molecular formula is C14H22N2O4. The lowest BCUT2D eigenvalue weighted by atomic mass is 9.93. The van der Waals surface area contributed by atoms with Crippen LogP contribution in [0.25, 0.3) is 0 Å². The summed E-state index contributed by atoms with van der Waals surface area (Å²) in [4.78, 5) is 4.46. The predicted molar refractivity (Wildman–Crippen MR) is 70.1 cm³/mol. The molecule has 1 atom stereocenters. The molecule has 1 aromatic rings. The van der Waals surface area contributed by atoms with Crippen LogP contribution in [0.5, 0.6) is 0 Å².